The molecule has 1 aromatic heterocycles. The van der Waals surface area contributed by atoms with Crippen molar-refractivity contribution in [1.29, 1.82) is 0 Å². The summed E-state index contributed by atoms with van der Waals surface area (Å²) in [6.45, 7) is 0. The Morgan fingerprint density at radius 1 is 1.00 bits per heavy atom. The zero-order chi connectivity index (χ0) is 27.3. The van der Waals surface area contributed by atoms with Gasteiger partial charge in [-0.15, -0.1) is 0 Å². The number of carbonyl (C=O) groups excluding carboxylic acids is 4. The highest BCUT2D eigenvalue weighted by Crippen LogP contribution is 2.05. The number of rotatable bonds is 17. The minimum absolute atomic E-state index is 0.158. The number of hydrogen-bond acceptors (Lipinski definition) is 9. The number of imidazole rings is 1. The molecule has 0 radical (unpaired) electrons. The van der Waals surface area contributed by atoms with Crippen molar-refractivity contribution < 1.29 is 39.0 Å². The van der Waals surface area contributed by atoms with E-state index in [1.165, 1.54) is 24.3 Å². The summed E-state index contributed by atoms with van der Waals surface area (Å²) in [5, 5.41) is 25.3. The number of nitrogens with zero attached hydrogens (tertiary/aromatic N) is 1. The van der Waals surface area contributed by atoms with Crippen molar-refractivity contribution in [2.75, 3.05) is 12.0 Å². The predicted octanol–water partition coefficient (Wildman–Crippen LogP) is -2.69. The lowest BCUT2D eigenvalue weighted by atomic mass is 10.1. The first kappa shape index (κ1) is 30.4. The van der Waals surface area contributed by atoms with Crippen molar-refractivity contribution in [3.8, 4) is 0 Å². The molecule has 4 atom stereocenters. The molecule has 0 aliphatic carbocycles. The Balaban J connectivity index is 3.00. The summed E-state index contributed by atoms with van der Waals surface area (Å²) in [6, 6.07) is -5.37. The van der Waals surface area contributed by atoms with Crippen LogP contribution in [0.4, 0.5) is 0 Å². The molecule has 0 aromatic carbocycles. The van der Waals surface area contributed by atoms with E-state index in [9.17, 15) is 33.9 Å². The van der Waals surface area contributed by atoms with Gasteiger partial charge in [-0.3, -0.25) is 24.0 Å². The SMILES string of the molecule is CSCCC(N)C(=O)NC(CC(N)=O)C(=O)NC(CCC(=O)O)C(=O)NC(Cc1cnc[nH]1)C(=O)O. The zero-order valence-corrected chi connectivity index (χ0v) is 20.4. The third kappa shape index (κ3) is 11.2. The van der Waals surface area contributed by atoms with E-state index < -0.39 is 79.0 Å². The number of aromatic amines is 1. The zero-order valence-electron chi connectivity index (χ0n) is 19.6. The van der Waals surface area contributed by atoms with Crippen LogP contribution in [0.2, 0.25) is 0 Å². The normalized spacial score (nSPS) is 14.1. The van der Waals surface area contributed by atoms with Gasteiger partial charge in [0.1, 0.15) is 18.1 Å². The molecule has 0 fully saturated rings. The van der Waals surface area contributed by atoms with E-state index in [0.717, 1.165) is 0 Å². The highest BCUT2D eigenvalue weighted by molar-refractivity contribution is 7.98. The molecule has 4 unspecified atom stereocenters. The van der Waals surface area contributed by atoms with E-state index in [2.05, 4.69) is 25.9 Å². The van der Waals surface area contributed by atoms with Crippen molar-refractivity contribution in [3.05, 3.63) is 18.2 Å². The fourth-order valence-corrected chi connectivity index (χ4v) is 3.45. The Bertz CT molecular complexity index is 927. The van der Waals surface area contributed by atoms with E-state index in [-0.39, 0.29) is 6.42 Å². The number of H-pyrrole nitrogens is 1. The van der Waals surface area contributed by atoms with E-state index in [1.807, 2.05) is 6.26 Å². The van der Waals surface area contributed by atoms with Crippen LogP contribution >= 0.6 is 11.8 Å². The number of carboxylic acids is 2. The van der Waals surface area contributed by atoms with Crippen molar-refractivity contribution in [1.82, 2.24) is 25.9 Å². The maximum absolute atomic E-state index is 12.9. The van der Waals surface area contributed by atoms with Gasteiger partial charge in [0.15, 0.2) is 0 Å². The van der Waals surface area contributed by atoms with Crippen molar-refractivity contribution in [2.24, 2.45) is 11.5 Å². The molecule has 0 saturated heterocycles. The molecule has 1 aromatic rings. The van der Waals surface area contributed by atoms with Crippen LogP contribution in [0.25, 0.3) is 0 Å². The summed E-state index contributed by atoms with van der Waals surface area (Å²) in [6.07, 6.45) is 3.11. The topological polar surface area (TPSA) is 260 Å². The molecule has 0 saturated carbocycles. The first-order valence-corrected chi connectivity index (χ1v) is 12.2. The van der Waals surface area contributed by atoms with Crippen LogP contribution in [-0.2, 0) is 35.2 Å². The van der Waals surface area contributed by atoms with Gasteiger partial charge in [0.05, 0.1) is 18.8 Å². The van der Waals surface area contributed by atoms with Crippen molar-refractivity contribution in [2.45, 2.75) is 56.3 Å². The minimum Gasteiger partial charge on any atom is -0.481 e. The quantitative estimate of drug-likeness (QED) is 0.103. The molecule has 1 rings (SSSR count). The Hall–Kier alpha value is -3.66. The fraction of sp³-hybridized carbons (Fsp3) is 0.550. The van der Waals surface area contributed by atoms with Crippen LogP contribution in [0, 0.1) is 0 Å². The minimum atomic E-state index is -1.49. The smallest absolute Gasteiger partial charge is 0.326 e. The van der Waals surface area contributed by atoms with Gasteiger partial charge in [0.25, 0.3) is 0 Å². The number of hydrogen-bond donors (Lipinski definition) is 8. The second-order valence-corrected chi connectivity index (χ2v) is 8.78. The number of carbonyl (C=O) groups is 6. The summed E-state index contributed by atoms with van der Waals surface area (Å²) < 4.78 is 0. The molecule has 1 heterocycles. The van der Waals surface area contributed by atoms with Crippen LogP contribution in [0.5, 0.6) is 0 Å². The lowest BCUT2D eigenvalue weighted by molar-refractivity contribution is -0.143. The van der Waals surface area contributed by atoms with Gasteiger partial charge in [0.2, 0.25) is 23.6 Å². The number of nitrogens with one attached hydrogen (secondary N) is 4. The van der Waals surface area contributed by atoms with E-state index in [4.69, 9.17) is 16.6 Å². The molecule has 36 heavy (non-hydrogen) atoms. The van der Waals surface area contributed by atoms with Gasteiger partial charge in [-0.25, -0.2) is 9.78 Å². The molecule has 0 aliphatic heterocycles. The van der Waals surface area contributed by atoms with Crippen molar-refractivity contribution in [3.63, 3.8) is 0 Å². The van der Waals surface area contributed by atoms with Crippen LogP contribution in [0.15, 0.2) is 12.5 Å². The number of thioether (sulfide) groups is 1. The first-order valence-electron chi connectivity index (χ1n) is 10.8. The lowest BCUT2D eigenvalue weighted by Gasteiger charge is -2.24. The fourth-order valence-electron chi connectivity index (χ4n) is 2.96. The third-order valence-corrected chi connectivity index (χ3v) is 5.53. The molecular weight excluding hydrogens is 498 g/mol. The Morgan fingerprint density at radius 2 is 1.61 bits per heavy atom. The molecule has 200 valence electrons. The molecule has 0 spiro atoms. The van der Waals surface area contributed by atoms with Crippen LogP contribution in [0.3, 0.4) is 0 Å². The highest BCUT2D eigenvalue weighted by Gasteiger charge is 2.31. The summed E-state index contributed by atoms with van der Waals surface area (Å²) in [7, 11) is 0. The van der Waals surface area contributed by atoms with E-state index in [0.29, 0.717) is 17.9 Å². The number of primary amides is 1. The largest absolute Gasteiger partial charge is 0.481 e. The Labute approximate surface area is 210 Å². The molecular formula is C20H31N7O8S. The van der Waals surface area contributed by atoms with Gasteiger partial charge >= 0.3 is 11.9 Å². The van der Waals surface area contributed by atoms with Gasteiger partial charge in [0, 0.05) is 24.7 Å². The number of nitrogens with two attached hydrogens (primary N) is 2. The lowest BCUT2D eigenvalue weighted by Crippen LogP contribution is -2.58. The summed E-state index contributed by atoms with van der Waals surface area (Å²) >= 11 is 1.46. The number of aliphatic carboxylic acids is 2. The monoisotopic (exact) mass is 529 g/mol. The summed E-state index contributed by atoms with van der Waals surface area (Å²) in [5.41, 5.74) is 11.4. The maximum atomic E-state index is 12.9. The molecule has 0 aliphatic rings. The number of carboxylic acid groups (broad SMARTS) is 2. The molecule has 0 bridgehead atoms. The maximum Gasteiger partial charge on any atom is 0.326 e. The van der Waals surface area contributed by atoms with E-state index >= 15 is 0 Å². The van der Waals surface area contributed by atoms with Gasteiger partial charge in [-0.05, 0) is 24.9 Å². The summed E-state index contributed by atoms with van der Waals surface area (Å²) in [5.74, 6) is -5.69. The second kappa shape index (κ2) is 15.4. The molecule has 16 heteroatoms. The van der Waals surface area contributed by atoms with Gasteiger partial charge in [-0.1, -0.05) is 0 Å². The van der Waals surface area contributed by atoms with Crippen LogP contribution in [0.1, 0.15) is 31.4 Å². The van der Waals surface area contributed by atoms with Crippen molar-refractivity contribution >= 4 is 47.3 Å². The summed E-state index contributed by atoms with van der Waals surface area (Å²) in [4.78, 5) is 78.6. The average molecular weight is 530 g/mol. The third-order valence-electron chi connectivity index (χ3n) is 4.88. The predicted molar refractivity (Wildman–Crippen MR) is 127 cm³/mol. The first-order chi connectivity index (χ1) is 16.9. The van der Waals surface area contributed by atoms with E-state index in [1.54, 1.807) is 0 Å². The Kier molecular flexibility index (Phi) is 13.0. The van der Waals surface area contributed by atoms with Crippen LogP contribution in [-0.4, -0.2) is 91.9 Å². The van der Waals surface area contributed by atoms with Gasteiger partial charge < -0.3 is 42.6 Å². The Morgan fingerprint density at radius 3 is 2.14 bits per heavy atom. The second-order valence-electron chi connectivity index (χ2n) is 7.79. The number of aromatic nitrogens is 2. The van der Waals surface area contributed by atoms with Crippen LogP contribution < -0.4 is 27.4 Å². The highest BCUT2D eigenvalue weighted by atomic mass is 32.2. The van der Waals surface area contributed by atoms with Gasteiger partial charge in [-0.2, -0.15) is 11.8 Å². The average Bonchev–Trinajstić information content (AvgIpc) is 3.31. The molecule has 10 N–H and O–H groups in total. The number of amides is 4. The molecule has 4 amide bonds. The standard InChI is InChI=1S/C20H31N7O8S/c1-36-5-4-11(21)17(31)26-13(7-15(22)28)19(33)25-12(2-3-16(29)30)18(32)27-14(20(34)35)6-10-8-23-9-24-10/h8-9,11-14H,2-7,21H2,1H3,(H2,22,28)(H,23,24)(H,25,33)(H,26,31)(H,27,32)(H,29,30)(H,34,35). The molecule has 15 nitrogen and oxygen atoms in total.